The van der Waals surface area contributed by atoms with Crippen molar-refractivity contribution < 1.29 is 9.13 Å². The van der Waals surface area contributed by atoms with Crippen LogP contribution in [0.25, 0.3) is 0 Å². The minimum absolute atomic E-state index is 0.00409. The lowest BCUT2D eigenvalue weighted by Gasteiger charge is -2.30. The predicted molar refractivity (Wildman–Crippen MR) is 107 cm³/mol. The molecule has 1 saturated carbocycles. The molecule has 4 nitrogen and oxygen atoms in total. The third-order valence-corrected chi connectivity index (χ3v) is 5.17. The van der Waals surface area contributed by atoms with Crippen molar-refractivity contribution in [2.24, 2.45) is 5.92 Å². The first-order valence-corrected chi connectivity index (χ1v) is 9.70. The maximum Gasteiger partial charge on any atom is 0.211 e. The van der Waals surface area contributed by atoms with Crippen molar-refractivity contribution in [1.82, 2.24) is 15.1 Å². The predicted octanol–water partition coefficient (Wildman–Crippen LogP) is 3.50. The number of benzene rings is 1. The Morgan fingerprint density at radius 3 is 2.74 bits per heavy atom. The van der Waals surface area contributed by atoms with Crippen LogP contribution in [0.5, 0.6) is 5.88 Å². The first-order valence-electron chi connectivity index (χ1n) is 9.32. The third kappa shape index (κ3) is 5.08. The van der Waals surface area contributed by atoms with Crippen LogP contribution in [-0.4, -0.2) is 32.5 Å². The molecule has 3 rings (SSSR count). The van der Waals surface area contributed by atoms with Crippen LogP contribution < -0.4 is 10.1 Å². The Kier molecular flexibility index (Phi) is 6.53. The van der Waals surface area contributed by atoms with E-state index in [4.69, 9.17) is 32.0 Å². The van der Waals surface area contributed by atoms with Crippen LogP contribution in [0.3, 0.4) is 0 Å². The molecule has 2 aromatic rings. The minimum Gasteiger partial charge on any atom is -0.487 e. The summed E-state index contributed by atoms with van der Waals surface area (Å²) in [4.78, 5) is 0. The molecule has 0 unspecified atom stereocenters. The molecule has 0 aliphatic heterocycles. The Balaban J connectivity index is 1.86. The van der Waals surface area contributed by atoms with Crippen molar-refractivity contribution in [3.05, 3.63) is 46.4 Å². The number of hydrogen-bond acceptors (Lipinski definition) is 3. The Morgan fingerprint density at radius 1 is 1.30 bits per heavy atom. The lowest BCUT2D eigenvalue weighted by atomic mass is 9.61. The maximum atomic E-state index is 14.2. The molecule has 1 aliphatic rings. The molecule has 8 heteroatoms. The molecule has 1 aromatic carbocycles. The van der Waals surface area contributed by atoms with Gasteiger partial charge in [-0.1, -0.05) is 30.9 Å². The van der Waals surface area contributed by atoms with Gasteiger partial charge in [-0.15, -0.1) is 0 Å². The van der Waals surface area contributed by atoms with Gasteiger partial charge in [0.2, 0.25) is 5.88 Å². The van der Waals surface area contributed by atoms with Gasteiger partial charge in [-0.25, -0.2) is 9.07 Å². The average Bonchev–Trinajstić information content (AvgIpc) is 2.98. The molecule has 1 fully saturated rings. The zero-order valence-electron chi connectivity index (χ0n) is 15.5. The van der Waals surface area contributed by atoms with Gasteiger partial charge < -0.3 is 10.1 Å². The largest absolute Gasteiger partial charge is 0.487 e. The van der Waals surface area contributed by atoms with Crippen molar-refractivity contribution in [3.8, 4) is 5.88 Å². The summed E-state index contributed by atoms with van der Waals surface area (Å²) < 4.78 is 21.9. The quantitative estimate of drug-likeness (QED) is 0.742. The molecule has 1 aliphatic carbocycles. The van der Waals surface area contributed by atoms with Crippen molar-refractivity contribution in [2.45, 2.75) is 50.6 Å². The molecular weight excluding hydrogens is 362 g/mol. The van der Waals surface area contributed by atoms with Crippen molar-refractivity contribution in [3.63, 3.8) is 0 Å². The van der Waals surface area contributed by atoms with Gasteiger partial charge in [-0.3, -0.25) is 0 Å². The molecule has 0 bridgehead atoms. The van der Waals surface area contributed by atoms with E-state index < -0.39 is 11.2 Å². The summed E-state index contributed by atoms with van der Waals surface area (Å²) in [5.41, 5.74) is 0.807. The van der Waals surface area contributed by atoms with Gasteiger partial charge in [0.05, 0.1) is 11.1 Å². The molecule has 27 heavy (non-hydrogen) atoms. The molecule has 0 atom stereocenters. The number of ether oxygens (including phenoxy) is 1. The Bertz CT molecular complexity index is 778. The van der Waals surface area contributed by atoms with E-state index in [1.54, 1.807) is 10.7 Å². The second-order valence-corrected chi connectivity index (χ2v) is 7.65. The van der Waals surface area contributed by atoms with E-state index in [1.807, 2.05) is 7.05 Å². The maximum absolute atomic E-state index is 14.2. The van der Waals surface area contributed by atoms with Crippen molar-refractivity contribution in [2.75, 3.05) is 7.05 Å². The lowest BCUT2D eigenvalue weighted by Crippen LogP contribution is -2.36. The SMILES string of the molecule is [B]C([B])(Oc1cc(CNC)nn1CC1CCCCC1)c1cc(Cl)ccc1F. The van der Waals surface area contributed by atoms with Crippen molar-refractivity contribution >= 4 is 27.3 Å². The minimum atomic E-state index is -1.86. The monoisotopic (exact) mass is 385 g/mol. The number of rotatable bonds is 7. The highest BCUT2D eigenvalue weighted by Gasteiger charge is 2.28. The second-order valence-electron chi connectivity index (χ2n) is 7.21. The zero-order valence-corrected chi connectivity index (χ0v) is 16.3. The van der Waals surface area contributed by atoms with E-state index in [9.17, 15) is 4.39 Å². The summed E-state index contributed by atoms with van der Waals surface area (Å²) in [5.74, 6) is 0.393. The third-order valence-electron chi connectivity index (χ3n) is 4.93. The second kappa shape index (κ2) is 8.70. The van der Waals surface area contributed by atoms with E-state index in [-0.39, 0.29) is 5.56 Å². The molecule has 4 radical (unpaired) electrons. The summed E-state index contributed by atoms with van der Waals surface area (Å²) in [5, 5.41) is 6.15. The Morgan fingerprint density at radius 2 is 2.04 bits per heavy atom. The van der Waals surface area contributed by atoms with E-state index in [1.165, 1.54) is 50.3 Å². The Hall–Kier alpha value is -1.46. The van der Waals surface area contributed by atoms with Crippen LogP contribution in [-0.2, 0) is 18.5 Å². The van der Waals surface area contributed by atoms with Gasteiger partial charge >= 0.3 is 0 Å². The van der Waals surface area contributed by atoms with Crippen LogP contribution in [0.2, 0.25) is 5.02 Å². The van der Waals surface area contributed by atoms with E-state index in [0.29, 0.717) is 23.4 Å². The fraction of sp³-hybridized carbons (Fsp3) is 0.526. The van der Waals surface area contributed by atoms with Gasteiger partial charge in [-0.05, 0) is 44.0 Å². The van der Waals surface area contributed by atoms with E-state index >= 15 is 0 Å². The number of halogens is 2. The number of nitrogens with zero attached hydrogens (tertiary/aromatic N) is 2. The van der Waals surface area contributed by atoms with Gasteiger partial charge in [0, 0.05) is 29.7 Å². The van der Waals surface area contributed by atoms with Crippen LogP contribution in [0, 0.1) is 11.7 Å². The fourth-order valence-electron chi connectivity index (χ4n) is 3.57. The average molecular weight is 385 g/mol. The van der Waals surface area contributed by atoms with Crippen LogP contribution in [0.15, 0.2) is 24.3 Å². The molecule has 0 amide bonds. The number of hydrogen-bond donors (Lipinski definition) is 1. The molecular formula is C19H23B2ClFN3O. The number of nitrogens with one attached hydrogen (secondary N) is 1. The lowest BCUT2D eigenvalue weighted by molar-refractivity contribution is 0.202. The summed E-state index contributed by atoms with van der Waals surface area (Å²) in [6.07, 6.45) is 6.08. The van der Waals surface area contributed by atoms with Crippen molar-refractivity contribution in [1.29, 1.82) is 0 Å². The molecule has 0 spiro atoms. The highest BCUT2D eigenvalue weighted by molar-refractivity contribution is 6.39. The highest BCUT2D eigenvalue weighted by Crippen LogP contribution is 2.30. The van der Waals surface area contributed by atoms with Gasteiger partial charge in [0.15, 0.2) is 0 Å². The molecule has 1 heterocycles. The van der Waals surface area contributed by atoms with E-state index in [2.05, 4.69) is 10.4 Å². The summed E-state index contributed by atoms with van der Waals surface area (Å²) in [6.45, 7) is 1.31. The first kappa shape index (κ1) is 20.3. The smallest absolute Gasteiger partial charge is 0.211 e. The zero-order chi connectivity index (χ0) is 19.4. The van der Waals surface area contributed by atoms with Crippen LogP contribution in [0.4, 0.5) is 4.39 Å². The molecule has 140 valence electrons. The highest BCUT2D eigenvalue weighted by atomic mass is 35.5. The normalized spacial score (nSPS) is 15.8. The summed E-state index contributed by atoms with van der Waals surface area (Å²) in [6, 6.07) is 5.83. The van der Waals surface area contributed by atoms with Gasteiger partial charge in [0.1, 0.15) is 21.5 Å². The summed E-state index contributed by atoms with van der Waals surface area (Å²) in [7, 11) is 14.1. The standard InChI is InChI=1S/C19H23B2ClFN3O/c1-24-11-15-10-18(26(25-15)12-13-5-3-2-4-6-13)27-19(20,21)16-9-14(22)7-8-17(16)23/h7-10,13,24H,2-6,11-12H2,1H3. The van der Waals surface area contributed by atoms with E-state index in [0.717, 1.165) is 12.2 Å². The van der Waals surface area contributed by atoms with Gasteiger partial charge in [0.25, 0.3) is 0 Å². The Labute approximate surface area is 167 Å². The van der Waals surface area contributed by atoms with Gasteiger partial charge in [-0.2, -0.15) is 5.10 Å². The van der Waals surface area contributed by atoms with Crippen LogP contribution >= 0.6 is 11.6 Å². The molecule has 0 saturated heterocycles. The summed E-state index contributed by atoms with van der Waals surface area (Å²) >= 11 is 5.97. The molecule has 1 aromatic heterocycles. The fourth-order valence-corrected chi connectivity index (χ4v) is 3.74. The first-order chi connectivity index (χ1) is 12.9. The van der Waals surface area contributed by atoms with Crippen LogP contribution in [0.1, 0.15) is 43.4 Å². The number of aromatic nitrogens is 2. The molecule has 1 N–H and O–H groups in total. The topological polar surface area (TPSA) is 39.1 Å².